The molecule has 0 unspecified atom stereocenters. The number of ether oxygens (including phenoxy) is 1. The smallest absolute Gasteiger partial charge is 0.388 e. The maximum Gasteiger partial charge on any atom is 0.414 e. The normalized spacial score (nSPS) is 10.5. The van der Waals surface area contributed by atoms with Gasteiger partial charge in [-0.1, -0.05) is 6.07 Å². The number of thiophene rings is 1. The van der Waals surface area contributed by atoms with E-state index in [4.69, 9.17) is 9.26 Å². The lowest BCUT2D eigenvalue weighted by Crippen LogP contribution is -2.29. The van der Waals surface area contributed by atoms with Crippen LogP contribution >= 0.6 is 11.3 Å². The molecule has 3 heterocycles. The molecule has 8 heteroatoms. The highest BCUT2D eigenvalue weighted by atomic mass is 32.1. The lowest BCUT2D eigenvalue weighted by atomic mass is 10.4. The van der Waals surface area contributed by atoms with Crippen molar-refractivity contribution >= 4 is 17.4 Å². The third-order valence-corrected chi connectivity index (χ3v) is 3.53. The number of rotatable bonds is 5. The Balaban J connectivity index is 1.48. The summed E-state index contributed by atoms with van der Waals surface area (Å²) in [6.45, 7) is 1.05. The summed E-state index contributed by atoms with van der Waals surface area (Å²) in [7, 11) is 0. The highest BCUT2D eigenvalue weighted by Crippen LogP contribution is 2.27. The number of nitrogens with one attached hydrogen (secondary N) is 1. The fraction of sp³-hybridized carbons (Fsp3) is 0.154. The van der Waals surface area contributed by atoms with Crippen LogP contribution in [0.2, 0.25) is 0 Å². The van der Waals surface area contributed by atoms with E-state index in [0.29, 0.717) is 18.8 Å². The molecule has 3 rings (SSSR count). The number of aromatic nitrogens is 3. The van der Waals surface area contributed by atoms with E-state index in [1.54, 1.807) is 18.6 Å². The van der Waals surface area contributed by atoms with Crippen LogP contribution in [0.25, 0.3) is 10.6 Å². The van der Waals surface area contributed by atoms with Crippen LogP contribution < -0.4 is 10.1 Å². The summed E-state index contributed by atoms with van der Waals surface area (Å²) in [5, 5.41) is 8.26. The topological polar surface area (TPSA) is 82.2 Å². The fourth-order valence-corrected chi connectivity index (χ4v) is 2.35. The Hall–Kier alpha value is -2.61. The zero-order valence-corrected chi connectivity index (χ0v) is 11.7. The monoisotopic (exact) mass is 304 g/mol. The molecule has 0 spiro atoms. The summed E-state index contributed by atoms with van der Waals surface area (Å²) in [6, 6.07) is 5.40. The number of amides is 1. The van der Waals surface area contributed by atoms with Gasteiger partial charge in [0.2, 0.25) is 0 Å². The lowest BCUT2D eigenvalue weighted by molar-refractivity contribution is 0.195. The van der Waals surface area contributed by atoms with Crippen molar-refractivity contribution in [3.05, 3.63) is 42.3 Å². The Labute approximate surface area is 124 Å². The van der Waals surface area contributed by atoms with Crippen LogP contribution in [0.5, 0.6) is 5.88 Å². The van der Waals surface area contributed by atoms with E-state index in [0.717, 1.165) is 4.88 Å². The quantitative estimate of drug-likeness (QED) is 0.782. The standard InChI is InChI=1S/C13H12N4O3S/c18-13(15-4-6-17-5-3-14-9-17)19-12-8-10(20-16-12)11-2-1-7-21-11/h1-3,5,7-9H,4,6H2,(H,15,18). The van der Waals surface area contributed by atoms with Gasteiger partial charge < -0.3 is 19.1 Å². The number of carbonyl (C=O) groups excluding carboxylic acids is 1. The SMILES string of the molecule is O=C(NCCn1ccnc1)Oc1cc(-c2cccs2)on1. The van der Waals surface area contributed by atoms with Crippen LogP contribution in [0.1, 0.15) is 0 Å². The van der Waals surface area contributed by atoms with Gasteiger partial charge in [-0.15, -0.1) is 11.3 Å². The van der Waals surface area contributed by atoms with Crippen LogP contribution in [0.4, 0.5) is 4.79 Å². The first-order valence-electron chi connectivity index (χ1n) is 6.23. The molecule has 0 aliphatic heterocycles. The van der Waals surface area contributed by atoms with Crippen molar-refractivity contribution in [2.75, 3.05) is 6.54 Å². The molecule has 0 radical (unpaired) electrons. The molecular weight excluding hydrogens is 292 g/mol. The van der Waals surface area contributed by atoms with Gasteiger partial charge in [-0.3, -0.25) is 0 Å². The predicted octanol–water partition coefficient (Wildman–Crippen LogP) is 2.39. The summed E-state index contributed by atoms with van der Waals surface area (Å²) >= 11 is 1.52. The number of nitrogens with zero attached hydrogens (tertiary/aromatic N) is 3. The maximum atomic E-state index is 11.6. The summed E-state index contributed by atoms with van der Waals surface area (Å²) < 4.78 is 12.0. The van der Waals surface area contributed by atoms with E-state index in [1.165, 1.54) is 11.3 Å². The minimum absolute atomic E-state index is 0.138. The van der Waals surface area contributed by atoms with Crippen molar-refractivity contribution in [1.29, 1.82) is 0 Å². The Bertz CT molecular complexity index is 691. The number of carbonyl (C=O) groups is 1. The molecule has 0 saturated heterocycles. The van der Waals surface area contributed by atoms with E-state index in [2.05, 4.69) is 15.5 Å². The molecule has 0 aromatic carbocycles. The predicted molar refractivity (Wildman–Crippen MR) is 76.1 cm³/mol. The molecule has 3 aromatic rings. The van der Waals surface area contributed by atoms with Crippen molar-refractivity contribution in [1.82, 2.24) is 20.0 Å². The van der Waals surface area contributed by atoms with E-state index >= 15 is 0 Å². The van der Waals surface area contributed by atoms with Crippen LogP contribution in [0.3, 0.4) is 0 Å². The zero-order valence-electron chi connectivity index (χ0n) is 10.9. The van der Waals surface area contributed by atoms with Gasteiger partial charge in [0.05, 0.1) is 17.3 Å². The molecule has 7 nitrogen and oxygen atoms in total. The Kier molecular flexibility index (Phi) is 3.97. The van der Waals surface area contributed by atoms with Gasteiger partial charge in [-0.05, 0) is 16.6 Å². The first-order chi connectivity index (χ1) is 10.3. The van der Waals surface area contributed by atoms with E-state index in [9.17, 15) is 4.79 Å². The molecule has 3 aromatic heterocycles. The van der Waals surface area contributed by atoms with E-state index < -0.39 is 6.09 Å². The third kappa shape index (κ3) is 3.48. The van der Waals surface area contributed by atoms with Crippen LogP contribution in [0.15, 0.2) is 46.8 Å². The second-order valence-electron chi connectivity index (χ2n) is 4.12. The molecule has 0 atom stereocenters. The molecule has 0 bridgehead atoms. The first-order valence-corrected chi connectivity index (χ1v) is 7.11. The van der Waals surface area contributed by atoms with Gasteiger partial charge in [-0.2, -0.15) is 0 Å². The molecular formula is C13H12N4O3S. The van der Waals surface area contributed by atoms with Gasteiger partial charge in [0.15, 0.2) is 5.76 Å². The largest absolute Gasteiger partial charge is 0.414 e. The van der Waals surface area contributed by atoms with Crippen LogP contribution in [0, 0.1) is 0 Å². The lowest BCUT2D eigenvalue weighted by Gasteiger charge is -2.04. The minimum atomic E-state index is -0.568. The van der Waals surface area contributed by atoms with E-state index in [-0.39, 0.29) is 5.88 Å². The summed E-state index contributed by atoms with van der Waals surface area (Å²) in [5.74, 6) is 0.713. The average molecular weight is 304 g/mol. The highest BCUT2D eigenvalue weighted by molar-refractivity contribution is 7.13. The Morgan fingerprint density at radius 3 is 3.24 bits per heavy atom. The zero-order chi connectivity index (χ0) is 14.5. The van der Waals surface area contributed by atoms with Crippen molar-refractivity contribution < 1.29 is 14.1 Å². The Morgan fingerprint density at radius 1 is 1.52 bits per heavy atom. The van der Waals surface area contributed by atoms with Gasteiger partial charge >= 0.3 is 6.09 Å². The van der Waals surface area contributed by atoms with Crippen LogP contribution in [-0.4, -0.2) is 27.3 Å². The van der Waals surface area contributed by atoms with Crippen LogP contribution in [-0.2, 0) is 6.54 Å². The second-order valence-corrected chi connectivity index (χ2v) is 5.07. The average Bonchev–Trinajstić information content (AvgIpc) is 3.21. The number of hydrogen-bond acceptors (Lipinski definition) is 6. The molecule has 0 aliphatic carbocycles. The maximum absolute atomic E-state index is 11.6. The van der Waals surface area contributed by atoms with Gasteiger partial charge in [0.1, 0.15) is 0 Å². The van der Waals surface area contributed by atoms with Crippen molar-refractivity contribution in [2.45, 2.75) is 6.54 Å². The molecule has 0 aliphatic rings. The fourth-order valence-electron chi connectivity index (χ4n) is 1.68. The molecule has 0 fully saturated rings. The Morgan fingerprint density at radius 2 is 2.48 bits per heavy atom. The molecule has 0 saturated carbocycles. The summed E-state index contributed by atoms with van der Waals surface area (Å²) in [4.78, 5) is 16.4. The molecule has 21 heavy (non-hydrogen) atoms. The highest BCUT2D eigenvalue weighted by Gasteiger charge is 2.11. The number of imidazole rings is 1. The molecule has 108 valence electrons. The van der Waals surface area contributed by atoms with Crippen molar-refractivity contribution in [2.24, 2.45) is 0 Å². The summed E-state index contributed by atoms with van der Waals surface area (Å²) in [5.41, 5.74) is 0. The minimum Gasteiger partial charge on any atom is -0.388 e. The van der Waals surface area contributed by atoms with Crippen molar-refractivity contribution in [3.8, 4) is 16.5 Å². The van der Waals surface area contributed by atoms with E-state index in [1.807, 2.05) is 28.3 Å². The number of hydrogen-bond donors (Lipinski definition) is 1. The molecule has 1 amide bonds. The van der Waals surface area contributed by atoms with Gasteiger partial charge in [0.25, 0.3) is 5.88 Å². The van der Waals surface area contributed by atoms with Gasteiger partial charge in [0, 0.05) is 25.5 Å². The third-order valence-electron chi connectivity index (χ3n) is 2.65. The van der Waals surface area contributed by atoms with Gasteiger partial charge in [-0.25, -0.2) is 9.78 Å². The second kappa shape index (κ2) is 6.23. The first kappa shape index (κ1) is 13.4. The molecule has 1 N–H and O–H groups in total. The summed E-state index contributed by atoms with van der Waals surface area (Å²) in [6.07, 6.45) is 4.61. The van der Waals surface area contributed by atoms with Crippen molar-refractivity contribution in [3.63, 3.8) is 0 Å².